The van der Waals surface area contributed by atoms with Crippen molar-refractivity contribution in [1.29, 1.82) is 0 Å². The second-order valence-electron chi connectivity index (χ2n) is 6.60. The average molecular weight is 444 g/mol. The van der Waals surface area contributed by atoms with Gasteiger partial charge in [-0.1, -0.05) is 43.8 Å². The molecule has 0 aliphatic carbocycles. The van der Waals surface area contributed by atoms with E-state index in [1.807, 2.05) is 61.1 Å². The zero-order chi connectivity index (χ0) is 21.5. The minimum Gasteiger partial charge on any atom is -0.457 e. The minimum absolute atomic E-state index is 0.0749. The Hall–Kier alpha value is -2.45. The Morgan fingerprint density at radius 3 is 2.63 bits per heavy atom. The Morgan fingerprint density at radius 1 is 1.13 bits per heavy atom. The molecule has 6 nitrogen and oxygen atoms in total. The number of rotatable bonds is 10. The standard InChI is InChI=1S/C22H25N3O3S2/c1-4-15-9-10-16(5-2)17(12-15)18(26)13-28-20(27)14-30-22-24-23-21(25(22)6-3)19-8-7-11-29-19/h7-12H,4-6,13-14H2,1-3H3. The number of thioether (sulfide) groups is 1. The first-order valence-electron chi connectivity index (χ1n) is 9.97. The van der Waals surface area contributed by atoms with E-state index in [0.29, 0.717) is 17.3 Å². The SMILES string of the molecule is CCc1ccc(CC)c(C(=O)COC(=O)CSc2nnc(-c3cccs3)n2CC)c1. The predicted octanol–water partition coefficient (Wildman–Crippen LogP) is 4.67. The summed E-state index contributed by atoms with van der Waals surface area (Å²) in [5.41, 5.74) is 2.71. The third-order valence-electron chi connectivity index (χ3n) is 4.72. The van der Waals surface area contributed by atoms with Crippen molar-refractivity contribution in [2.45, 2.75) is 45.3 Å². The van der Waals surface area contributed by atoms with E-state index in [2.05, 4.69) is 10.2 Å². The maximum Gasteiger partial charge on any atom is 0.316 e. The number of hydrogen-bond acceptors (Lipinski definition) is 7. The van der Waals surface area contributed by atoms with Gasteiger partial charge < -0.3 is 9.30 Å². The Labute approximate surface area is 184 Å². The van der Waals surface area contributed by atoms with Gasteiger partial charge in [0.1, 0.15) is 0 Å². The van der Waals surface area contributed by atoms with E-state index in [1.165, 1.54) is 11.8 Å². The van der Waals surface area contributed by atoms with E-state index in [9.17, 15) is 9.59 Å². The Bertz CT molecular complexity index is 1010. The van der Waals surface area contributed by atoms with Crippen LogP contribution in [-0.2, 0) is 28.9 Å². The molecule has 0 aliphatic heterocycles. The van der Waals surface area contributed by atoms with Crippen molar-refractivity contribution in [3.8, 4) is 10.7 Å². The van der Waals surface area contributed by atoms with Crippen LogP contribution in [0.4, 0.5) is 0 Å². The normalized spacial score (nSPS) is 10.9. The van der Waals surface area contributed by atoms with E-state index in [-0.39, 0.29) is 18.1 Å². The molecule has 2 heterocycles. The minimum atomic E-state index is -0.443. The van der Waals surface area contributed by atoms with Crippen LogP contribution in [0.5, 0.6) is 0 Å². The van der Waals surface area contributed by atoms with Gasteiger partial charge in [-0.15, -0.1) is 21.5 Å². The lowest BCUT2D eigenvalue weighted by Crippen LogP contribution is -2.17. The maximum atomic E-state index is 12.6. The Kier molecular flexibility index (Phi) is 7.81. The molecule has 0 bridgehead atoms. The summed E-state index contributed by atoms with van der Waals surface area (Å²) >= 11 is 2.86. The molecule has 0 N–H and O–H groups in total. The molecule has 0 atom stereocenters. The molecular weight excluding hydrogens is 418 g/mol. The van der Waals surface area contributed by atoms with Gasteiger partial charge in [-0.3, -0.25) is 9.59 Å². The van der Waals surface area contributed by atoms with Gasteiger partial charge in [0, 0.05) is 12.1 Å². The number of hydrogen-bond donors (Lipinski definition) is 0. The number of benzene rings is 1. The van der Waals surface area contributed by atoms with E-state index in [0.717, 1.165) is 34.7 Å². The number of Topliss-reactive ketones (excluding diaryl/α,β-unsaturated/α-hetero) is 1. The molecule has 0 saturated heterocycles. The number of ketones is 1. The summed E-state index contributed by atoms with van der Waals surface area (Å²) in [5.74, 6) is 0.255. The fourth-order valence-corrected chi connectivity index (χ4v) is 4.59. The molecule has 8 heteroatoms. The van der Waals surface area contributed by atoms with Crippen LogP contribution < -0.4 is 0 Å². The summed E-state index contributed by atoms with van der Waals surface area (Å²) in [7, 11) is 0. The number of ether oxygens (including phenoxy) is 1. The second kappa shape index (κ2) is 10.5. The highest BCUT2D eigenvalue weighted by Crippen LogP contribution is 2.27. The van der Waals surface area contributed by atoms with Gasteiger partial charge in [-0.25, -0.2) is 0 Å². The average Bonchev–Trinajstić information content (AvgIpc) is 3.44. The van der Waals surface area contributed by atoms with Crippen molar-refractivity contribution in [1.82, 2.24) is 14.8 Å². The third kappa shape index (κ3) is 5.17. The molecule has 0 saturated carbocycles. The number of aryl methyl sites for hydroxylation is 2. The number of aromatic nitrogens is 3. The van der Waals surface area contributed by atoms with Gasteiger partial charge in [0.25, 0.3) is 0 Å². The molecule has 0 fully saturated rings. The van der Waals surface area contributed by atoms with Crippen LogP contribution in [0, 0.1) is 0 Å². The van der Waals surface area contributed by atoms with E-state index in [1.54, 1.807) is 11.3 Å². The summed E-state index contributed by atoms with van der Waals surface area (Å²) in [6, 6.07) is 9.88. The van der Waals surface area contributed by atoms with Gasteiger partial charge in [-0.05, 0) is 48.4 Å². The summed E-state index contributed by atoms with van der Waals surface area (Å²) in [4.78, 5) is 25.8. The van der Waals surface area contributed by atoms with Crippen LogP contribution in [0.2, 0.25) is 0 Å². The molecule has 0 unspecified atom stereocenters. The van der Waals surface area contributed by atoms with Gasteiger partial charge in [0.2, 0.25) is 5.78 Å². The van der Waals surface area contributed by atoms with Crippen LogP contribution in [0.25, 0.3) is 10.7 Å². The largest absolute Gasteiger partial charge is 0.457 e. The summed E-state index contributed by atoms with van der Waals surface area (Å²) < 4.78 is 7.21. The molecule has 3 rings (SSSR count). The lowest BCUT2D eigenvalue weighted by molar-refractivity contribution is -0.139. The highest BCUT2D eigenvalue weighted by atomic mass is 32.2. The van der Waals surface area contributed by atoms with Crippen LogP contribution in [-0.4, -0.2) is 38.9 Å². The number of carbonyl (C=O) groups is 2. The van der Waals surface area contributed by atoms with E-state index < -0.39 is 5.97 Å². The van der Waals surface area contributed by atoms with Crippen molar-refractivity contribution in [2.75, 3.05) is 12.4 Å². The first-order valence-corrected chi connectivity index (χ1v) is 11.8. The fourth-order valence-electron chi connectivity index (χ4n) is 3.07. The van der Waals surface area contributed by atoms with Crippen molar-refractivity contribution in [2.24, 2.45) is 0 Å². The quantitative estimate of drug-likeness (QED) is 0.258. The Balaban J connectivity index is 1.58. The number of thiophene rings is 1. The Morgan fingerprint density at radius 2 is 1.97 bits per heavy atom. The summed E-state index contributed by atoms with van der Waals surface area (Å²) in [6.07, 6.45) is 1.61. The van der Waals surface area contributed by atoms with Crippen LogP contribution in [0.15, 0.2) is 40.9 Å². The van der Waals surface area contributed by atoms with Crippen molar-refractivity contribution >= 4 is 34.9 Å². The highest BCUT2D eigenvalue weighted by Gasteiger charge is 2.17. The molecule has 158 valence electrons. The molecule has 0 amide bonds. The lowest BCUT2D eigenvalue weighted by Gasteiger charge is -2.10. The number of nitrogens with zero attached hydrogens (tertiary/aromatic N) is 3. The zero-order valence-electron chi connectivity index (χ0n) is 17.4. The molecule has 30 heavy (non-hydrogen) atoms. The predicted molar refractivity (Wildman–Crippen MR) is 120 cm³/mol. The monoisotopic (exact) mass is 443 g/mol. The second-order valence-corrected chi connectivity index (χ2v) is 8.49. The third-order valence-corrected chi connectivity index (χ3v) is 6.53. The number of esters is 1. The van der Waals surface area contributed by atoms with Crippen LogP contribution in [0.3, 0.4) is 0 Å². The number of carbonyl (C=O) groups excluding carboxylic acids is 2. The topological polar surface area (TPSA) is 74.1 Å². The summed E-state index contributed by atoms with van der Waals surface area (Å²) in [6.45, 7) is 6.52. The molecular formula is C22H25N3O3S2. The van der Waals surface area contributed by atoms with Gasteiger partial charge >= 0.3 is 5.97 Å². The first kappa shape index (κ1) is 22.2. The molecule has 3 aromatic rings. The lowest BCUT2D eigenvalue weighted by atomic mass is 9.98. The van der Waals surface area contributed by atoms with Crippen LogP contribution in [0.1, 0.15) is 42.3 Å². The first-order chi connectivity index (χ1) is 14.6. The molecule has 2 aromatic heterocycles. The smallest absolute Gasteiger partial charge is 0.316 e. The zero-order valence-corrected chi connectivity index (χ0v) is 19.0. The van der Waals surface area contributed by atoms with Crippen molar-refractivity contribution < 1.29 is 14.3 Å². The van der Waals surface area contributed by atoms with E-state index >= 15 is 0 Å². The van der Waals surface area contributed by atoms with Crippen molar-refractivity contribution in [3.63, 3.8) is 0 Å². The maximum absolute atomic E-state index is 12.6. The molecule has 0 radical (unpaired) electrons. The fraction of sp³-hybridized carbons (Fsp3) is 0.364. The van der Waals surface area contributed by atoms with Gasteiger partial charge in [0.15, 0.2) is 17.6 Å². The van der Waals surface area contributed by atoms with E-state index in [4.69, 9.17) is 4.74 Å². The van der Waals surface area contributed by atoms with Gasteiger partial charge in [-0.2, -0.15) is 0 Å². The van der Waals surface area contributed by atoms with Crippen molar-refractivity contribution in [3.05, 3.63) is 52.4 Å². The van der Waals surface area contributed by atoms with Gasteiger partial charge in [0.05, 0.1) is 10.6 Å². The molecule has 1 aromatic carbocycles. The molecule has 0 aliphatic rings. The van der Waals surface area contributed by atoms with Crippen LogP contribution >= 0.6 is 23.1 Å². The summed E-state index contributed by atoms with van der Waals surface area (Å²) in [5, 5.41) is 11.1. The highest BCUT2D eigenvalue weighted by molar-refractivity contribution is 7.99. The molecule has 0 spiro atoms.